The standard InChI is InChI=1S/C22H42N4O2Si/c1-11-12-13-22(7,17(2)23)25-18(19(24)27-8)14-26-15-21(6,16-26)28-29(9,10)20(3,4)5/h11-13,17,24H,1,14-16,23H2,2-10H3/b13-12-,24-19?,25-18-/t17?,22-/m0/s1. The van der Waals surface area contributed by atoms with Crippen molar-refractivity contribution in [3.8, 4) is 0 Å². The minimum atomic E-state index is -1.84. The Morgan fingerprint density at radius 2 is 1.90 bits per heavy atom. The fraction of sp³-hybridized carbons (Fsp3) is 0.727. The van der Waals surface area contributed by atoms with Crippen molar-refractivity contribution in [3.63, 3.8) is 0 Å². The summed E-state index contributed by atoms with van der Waals surface area (Å²) in [5, 5.41) is 8.40. The van der Waals surface area contributed by atoms with Gasteiger partial charge in [0.25, 0.3) is 0 Å². The van der Waals surface area contributed by atoms with Gasteiger partial charge in [-0.05, 0) is 38.9 Å². The average molecular weight is 423 g/mol. The molecule has 0 radical (unpaired) electrons. The molecule has 29 heavy (non-hydrogen) atoms. The molecule has 0 amide bonds. The lowest BCUT2D eigenvalue weighted by Gasteiger charge is -2.53. The summed E-state index contributed by atoms with van der Waals surface area (Å²) in [6, 6.07) is -0.220. The van der Waals surface area contributed by atoms with Crippen LogP contribution in [0.5, 0.6) is 0 Å². The lowest BCUT2D eigenvalue weighted by molar-refractivity contribution is -0.0648. The van der Waals surface area contributed by atoms with E-state index in [9.17, 15) is 0 Å². The van der Waals surface area contributed by atoms with Gasteiger partial charge in [0.05, 0.1) is 18.2 Å². The second kappa shape index (κ2) is 9.25. The highest BCUT2D eigenvalue weighted by molar-refractivity contribution is 6.74. The van der Waals surface area contributed by atoms with E-state index in [1.54, 1.807) is 6.08 Å². The Hall–Kier alpha value is -1.28. The van der Waals surface area contributed by atoms with E-state index in [0.29, 0.717) is 12.3 Å². The Kier molecular flexibility index (Phi) is 8.21. The topological polar surface area (TPSA) is 83.9 Å². The minimum Gasteiger partial charge on any atom is -0.480 e. The number of hydrogen-bond acceptors (Lipinski definition) is 6. The van der Waals surface area contributed by atoms with Gasteiger partial charge < -0.3 is 14.9 Å². The first-order valence-corrected chi connectivity index (χ1v) is 13.2. The summed E-state index contributed by atoms with van der Waals surface area (Å²) in [5.41, 5.74) is 6.00. The molecule has 2 atom stereocenters. The van der Waals surface area contributed by atoms with Gasteiger partial charge in [0.15, 0.2) is 8.32 Å². The molecule has 0 aromatic carbocycles. The molecule has 1 aliphatic heterocycles. The average Bonchev–Trinajstić information content (AvgIpc) is 2.55. The van der Waals surface area contributed by atoms with Crippen LogP contribution in [-0.2, 0) is 9.16 Å². The molecule has 1 unspecified atom stereocenters. The number of nitrogens with two attached hydrogens (primary N) is 1. The number of aliphatic imine (C=N–C) groups is 1. The van der Waals surface area contributed by atoms with E-state index in [4.69, 9.17) is 25.3 Å². The monoisotopic (exact) mass is 422 g/mol. The Morgan fingerprint density at radius 3 is 2.31 bits per heavy atom. The lowest BCUT2D eigenvalue weighted by Crippen LogP contribution is -2.66. The van der Waals surface area contributed by atoms with E-state index >= 15 is 0 Å². The molecular formula is C22H42N4O2Si. The van der Waals surface area contributed by atoms with Crippen LogP contribution < -0.4 is 5.73 Å². The highest BCUT2D eigenvalue weighted by Gasteiger charge is 2.48. The van der Waals surface area contributed by atoms with Gasteiger partial charge >= 0.3 is 0 Å². The molecule has 0 aliphatic carbocycles. The van der Waals surface area contributed by atoms with Crippen molar-refractivity contribution in [2.75, 3.05) is 26.7 Å². The molecule has 1 aliphatic rings. The predicted octanol–water partition coefficient (Wildman–Crippen LogP) is 4.00. The first-order valence-electron chi connectivity index (χ1n) is 10.3. The van der Waals surface area contributed by atoms with Crippen LogP contribution in [0.3, 0.4) is 0 Å². The maximum atomic E-state index is 8.22. The van der Waals surface area contributed by atoms with Crippen LogP contribution in [0.2, 0.25) is 18.1 Å². The molecule has 0 aromatic heterocycles. The number of likely N-dealkylation sites (tertiary alicyclic amines) is 1. The molecule has 1 saturated heterocycles. The fourth-order valence-electron chi connectivity index (χ4n) is 3.18. The van der Waals surface area contributed by atoms with Crippen LogP contribution >= 0.6 is 0 Å². The minimum absolute atomic E-state index is 0.0720. The Morgan fingerprint density at radius 1 is 1.34 bits per heavy atom. The van der Waals surface area contributed by atoms with Crippen molar-refractivity contribution < 1.29 is 9.16 Å². The summed E-state index contributed by atoms with van der Waals surface area (Å²) in [6.07, 6.45) is 5.47. The highest BCUT2D eigenvalue weighted by Crippen LogP contribution is 2.41. The van der Waals surface area contributed by atoms with E-state index in [0.717, 1.165) is 13.1 Å². The number of methoxy groups -OCH3 is 1. The van der Waals surface area contributed by atoms with Crippen molar-refractivity contribution in [2.24, 2.45) is 10.7 Å². The van der Waals surface area contributed by atoms with Gasteiger partial charge in [0.2, 0.25) is 5.90 Å². The van der Waals surface area contributed by atoms with Crippen molar-refractivity contribution >= 4 is 19.9 Å². The Balaban J connectivity index is 2.97. The van der Waals surface area contributed by atoms with Crippen LogP contribution in [0.1, 0.15) is 41.5 Å². The number of nitrogens with one attached hydrogen (secondary N) is 1. The third kappa shape index (κ3) is 6.60. The summed E-state index contributed by atoms with van der Waals surface area (Å²) in [6.45, 7) is 23.3. The van der Waals surface area contributed by atoms with Crippen LogP contribution in [0.4, 0.5) is 0 Å². The molecule has 6 nitrogen and oxygen atoms in total. The van der Waals surface area contributed by atoms with Crippen LogP contribution in [0.15, 0.2) is 29.8 Å². The zero-order valence-electron chi connectivity index (χ0n) is 19.9. The molecule has 0 spiro atoms. The van der Waals surface area contributed by atoms with Gasteiger partial charge in [-0.25, -0.2) is 0 Å². The molecule has 166 valence electrons. The van der Waals surface area contributed by atoms with Crippen LogP contribution in [-0.4, -0.2) is 68.8 Å². The van der Waals surface area contributed by atoms with Crippen molar-refractivity contribution in [3.05, 3.63) is 24.8 Å². The molecule has 0 saturated carbocycles. The van der Waals surface area contributed by atoms with E-state index in [1.165, 1.54) is 7.11 Å². The van der Waals surface area contributed by atoms with Crippen molar-refractivity contribution in [1.29, 1.82) is 5.41 Å². The first kappa shape index (κ1) is 25.8. The highest BCUT2D eigenvalue weighted by atomic mass is 28.4. The third-order valence-corrected chi connectivity index (χ3v) is 10.7. The molecule has 0 bridgehead atoms. The van der Waals surface area contributed by atoms with Gasteiger partial charge in [-0.3, -0.25) is 15.3 Å². The molecule has 1 fully saturated rings. The first-order chi connectivity index (χ1) is 13.1. The zero-order valence-corrected chi connectivity index (χ0v) is 20.9. The number of allylic oxidation sites excluding steroid dienone is 2. The second-order valence-corrected chi connectivity index (χ2v) is 14.9. The maximum absolute atomic E-state index is 8.22. The summed E-state index contributed by atoms with van der Waals surface area (Å²) in [5.74, 6) is 0.0720. The van der Waals surface area contributed by atoms with Gasteiger partial charge in [-0.2, -0.15) is 0 Å². The number of rotatable bonds is 9. The smallest absolute Gasteiger partial charge is 0.228 e. The summed E-state index contributed by atoms with van der Waals surface area (Å²) < 4.78 is 11.9. The summed E-state index contributed by atoms with van der Waals surface area (Å²) in [7, 11) is -0.334. The zero-order chi connectivity index (χ0) is 22.7. The van der Waals surface area contributed by atoms with E-state index in [-0.39, 0.29) is 22.6 Å². The van der Waals surface area contributed by atoms with Gasteiger partial charge in [-0.15, -0.1) is 0 Å². The molecule has 1 heterocycles. The molecule has 0 aromatic rings. The van der Waals surface area contributed by atoms with E-state index in [1.807, 2.05) is 26.0 Å². The van der Waals surface area contributed by atoms with Gasteiger partial charge in [0, 0.05) is 25.7 Å². The third-order valence-electron chi connectivity index (χ3n) is 6.13. The van der Waals surface area contributed by atoms with E-state index < -0.39 is 13.9 Å². The van der Waals surface area contributed by atoms with Gasteiger partial charge in [-0.1, -0.05) is 45.6 Å². The summed E-state index contributed by atoms with van der Waals surface area (Å²) in [4.78, 5) is 7.08. The Bertz CT molecular complexity index is 658. The van der Waals surface area contributed by atoms with E-state index in [2.05, 4.69) is 52.3 Å². The molecular weight excluding hydrogens is 380 g/mol. The van der Waals surface area contributed by atoms with Crippen LogP contribution in [0, 0.1) is 5.41 Å². The number of hydrogen-bond donors (Lipinski definition) is 2. The quantitative estimate of drug-likeness (QED) is 0.255. The molecule has 7 heteroatoms. The maximum Gasteiger partial charge on any atom is 0.228 e. The van der Waals surface area contributed by atoms with Gasteiger partial charge in [0.1, 0.15) is 5.71 Å². The van der Waals surface area contributed by atoms with Crippen molar-refractivity contribution in [1.82, 2.24) is 4.90 Å². The SMILES string of the molecule is C=C/C=C\[C@](C)(/N=C(/CN1CC(C)(O[Si](C)(C)C(C)(C)C)C1)C(=N)OC)C(C)N. The predicted molar refractivity (Wildman–Crippen MR) is 127 cm³/mol. The van der Waals surface area contributed by atoms with Crippen molar-refractivity contribution in [2.45, 2.75) is 76.9 Å². The number of ether oxygens (including phenoxy) is 1. The fourth-order valence-corrected chi connectivity index (χ4v) is 4.84. The van der Waals surface area contributed by atoms with Crippen LogP contribution in [0.25, 0.3) is 0 Å². The largest absolute Gasteiger partial charge is 0.480 e. The second-order valence-electron chi connectivity index (χ2n) is 10.2. The Labute approximate surface area is 178 Å². The number of nitrogens with zero attached hydrogens (tertiary/aromatic N) is 2. The molecule has 1 rings (SSSR count). The molecule has 3 N–H and O–H groups in total. The normalized spacial score (nSPS) is 21.4. The summed E-state index contributed by atoms with van der Waals surface area (Å²) >= 11 is 0. The lowest BCUT2D eigenvalue weighted by atomic mass is 9.93.